The fourth-order valence-corrected chi connectivity index (χ4v) is 2.48. The smallest absolute Gasteiger partial charge is 0.261 e. The van der Waals surface area contributed by atoms with Crippen LogP contribution in [0.1, 0.15) is 0 Å². The van der Waals surface area contributed by atoms with Crippen LogP contribution in [0.15, 0.2) is 53.4 Å². The van der Waals surface area contributed by atoms with Crippen LogP contribution in [0.5, 0.6) is 0 Å². The van der Waals surface area contributed by atoms with E-state index in [9.17, 15) is 12.8 Å². The van der Waals surface area contributed by atoms with E-state index in [1.807, 2.05) is 0 Å². The Kier molecular flexibility index (Phi) is 3.20. The van der Waals surface area contributed by atoms with Gasteiger partial charge in [-0.25, -0.2) is 12.8 Å². The zero-order valence-corrected chi connectivity index (χ0v) is 10.1. The molecule has 0 spiro atoms. The molecule has 0 atom stereocenters. The lowest BCUT2D eigenvalue weighted by Gasteiger charge is -2.08. The number of nitrogen functional groups attached to an aromatic ring is 1. The summed E-state index contributed by atoms with van der Waals surface area (Å²) in [4.78, 5) is -0.00803. The summed E-state index contributed by atoms with van der Waals surface area (Å²) < 4.78 is 39.0. The summed E-state index contributed by atoms with van der Waals surface area (Å²) in [6, 6.07) is 10.9. The molecular weight excluding hydrogens is 255 g/mol. The van der Waals surface area contributed by atoms with Crippen molar-refractivity contribution in [2.24, 2.45) is 0 Å². The van der Waals surface area contributed by atoms with Crippen molar-refractivity contribution in [3.63, 3.8) is 0 Å². The molecule has 0 fully saturated rings. The van der Waals surface area contributed by atoms with E-state index in [1.54, 1.807) is 18.2 Å². The van der Waals surface area contributed by atoms with E-state index < -0.39 is 15.8 Å². The minimum absolute atomic E-state index is 0.00803. The molecule has 0 bridgehead atoms. The molecule has 0 saturated heterocycles. The predicted molar refractivity (Wildman–Crippen MR) is 68.1 cm³/mol. The highest BCUT2D eigenvalue weighted by molar-refractivity contribution is 7.92. The van der Waals surface area contributed by atoms with Gasteiger partial charge < -0.3 is 5.73 Å². The van der Waals surface area contributed by atoms with Crippen molar-refractivity contribution in [2.75, 3.05) is 10.5 Å². The first-order valence-corrected chi connectivity index (χ1v) is 6.60. The van der Waals surface area contributed by atoms with Crippen molar-refractivity contribution in [1.82, 2.24) is 0 Å². The average molecular weight is 266 g/mol. The number of anilines is 2. The highest BCUT2D eigenvalue weighted by atomic mass is 32.2. The zero-order chi connectivity index (χ0) is 13.2. The van der Waals surface area contributed by atoms with Gasteiger partial charge in [0.05, 0.1) is 10.6 Å². The maximum absolute atomic E-state index is 12.7. The van der Waals surface area contributed by atoms with Crippen LogP contribution in [0.4, 0.5) is 15.8 Å². The molecule has 6 heteroatoms. The Morgan fingerprint density at radius 2 is 1.72 bits per heavy atom. The largest absolute Gasteiger partial charge is 0.399 e. The van der Waals surface area contributed by atoms with Crippen molar-refractivity contribution in [1.29, 1.82) is 0 Å². The molecule has 94 valence electrons. The quantitative estimate of drug-likeness (QED) is 0.837. The highest BCUT2D eigenvalue weighted by Crippen LogP contribution is 2.18. The van der Waals surface area contributed by atoms with E-state index in [4.69, 9.17) is 5.73 Å². The Labute approximate surface area is 104 Å². The summed E-state index contributed by atoms with van der Waals surface area (Å²) in [7, 11) is -3.72. The van der Waals surface area contributed by atoms with Gasteiger partial charge in [0.2, 0.25) is 0 Å². The fourth-order valence-electron chi connectivity index (χ4n) is 1.43. The van der Waals surface area contributed by atoms with Gasteiger partial charge >= 0.3 is 0 Å². The lowest BCUT2D eigenvalue weighted by atomic mass is 10.3. The first-order chi connectivity index (χ1) is 8.47. The minimum Gasteiger partial charge on any atom is -0.399 e. The summed E-state index contributed by atoms with van der Waals surface area (Å²) >= 11 is 0. The van der Waals surface area contributed by atoms with Crippen LogP contribution >= 0.6 is 0 Å². The first kappa shape index (κ1) is 12.4. The molecule has 0 unspecified atom stereocenters. The molecule has 2 aromatic carbocycles. The Morgan fingerprint density at radius 3 is 2.33 bits per heavy atom. The molecule has 4 nitrogen and oxygen atoms in total. The van der Waals surface area contributed by atoms with Gasteiger partial charge in [-0.05, 0) is 42.5 Å². The van der Waals surface area contributed by atoms with E-state index in [0.717, 1.165) is 12.1 Å². The molecular formula is C12H11FN2O2S. The van der Waals surface area contributed by atoms with Gasteiger partial charge in [-0.3, -0.25) is 4.72 Å². The van der Waals surface area contributed by atoms with Gasteiger partial charge in [0.15, 0.2) is 0 Å². The normalized spacial score (nSPS) is 11.2. The van der Waals surface area contributed by atoms with Gasteiger partial charge in [-0.1, -0.05) is 6.07 Å². The van der Waals surface area contributed by atoms with Crippen LogP contribution in [-0.2, 0) is 10.0 Å². The molecule has 0 heterocycles. The molecule has 0 radical (unpaired) electrons. The predicted octanol–water partition coefficient (Wildman–Crippen LogP) is 2.21. The topological polar surface area (TPSA) is 72.2 Å². The molecule has 0 aliphatic carbocycles. The molecule has 0 saturated carbocycles. The minimum atomic E-state index is -3.72. The third-order valence-corrected chi connectivity index (χ3v) is 3.66. The van der Waals surface area contributed by atoms with Crippen molar-refractivity contribution < 1.29 is 12.8 Å². The first-order valence-electron chi connectivity index (χ1n) is 5.11. The highest BCUT2D eigenvalue weighted by Gasteiger charge is 2.13. The fraction of sp³-hybridized carbons (Fsp3) is 0. The second-order valence-electron chi connectivity index (χ2n) is 3.68. The number of benzene rings is 2. The molecule has 0 amide bonds. The average Bonchev–Trinajstić information content (AvgIpc) is 2.29. The van der Waals surface area contributed by atoms with Crippen molar-refractivity contribution in [3.05, 3.63) is 54.3 Å². The van der Waals surface area contributed by atoms with E-state index >= 15 is 0 Å². The number of halogens is 1. The molecule has 0 aromatic heterocycles. The summed E-state index contributed by atoms with van der Waals surface area (Å²) in [5, 5.41) is 0. The number of hydrogen-bond donors (Lipinski definition) is 2. The van der Waals surface area contributed by atoms with Crippen molar-refractivity contribution >= 4 is 21.4 Å². The van der Waals surface area contributed by atoms with Crippen molar-refractivity contribution in [3.8, 4) is 0 Å². The summed E-state index contributed by atoms with van der Waals surface area (Å²) in [5.41, 5.74) is 6.37. The van der Waals surface area contributed by atoms with Gasteiger partial charge in [-0.15, -0.1) is 0 Å². The maximum atomic E-state index is 12.7. The lowest BCUT2D eigenvalue weighted by Crippen LogP contribution is -2.13. The SMILES string of the molecule is Nc1cccc(NS(=O)(=O)c2ccc(F)cc2)c1. The van der Waals surface area contributed by atoms with Gasteiger partial charge in [0.1, 0.15) is 5.82 Å². The molecule has 18 heavy (non-hydrogen) atoms. The molecule has 0 aliphatic rings. The Hall–Kier alpha value is -2.08. The third kappa shape index (κ3) is 2.78. The van der Waals surface area contributed by atoms with Crippen molar-refractivity contribution in [2.45, 2.75) is 4.90 Å². The van der Waals surface area contributed by atoms with Crippen LogP contribution in [0.3, 0.4) is 0 Å². The number of nitrogens with one attached hydrogen (secondary N) is 1. The van der Waals surface area contributed by atoms with Crippen LogP contribution in [0, 0.1) is 5.82 Å². The van der Waals surface area contributed by atoms with E-state index in [1.165, 1.54) is 18.2 Å². The molecule has 0 aliphatic heterocycles. The molecule has 2 aromatic rings. The monoisotopic (exact) mass is 266 g/mol. The van der Waals surface area contributed by atoms with Crippen LogP contribution < -0.4 is 10.5 Å². The lowest BCUT2D eigenvalue weighted by molar-refractivity contribution is 0.599. The summed E-state index contributed by atoms with van der Waals surface area (Å²) in [6.45, 7) is 0. The standard InChI is InChI=1S/C12H11FN2O2S/c13-9-4-6-12(7-5-9)18(16,17)15-11-3-1-2-10(14)8-11/h1-8,15H,14H2. The third-order valence-electron chi connectivity index (χ3n) is 2.26. The van der Waals surface area contributed by atoms with Gasteiger partial charge in [0.25, 0.3) is 10.0 Å². The number of nitrogens with two attached hydrogens (primary N) is 1. The van der Waals surface area contributed by atoms with Crippen LogP contribution in [-0.4, -0.2) is 8.42 Å². The van der Waals surface area contributed by atoms with Gasteiger partial charge in [-0.2, -0.15) is 0 Å². The van der Waals surface area contributed by atoms with E-state index in [-0.39, 0.29) is 4.90 Å². The summed E-state index contributed by atoms with van der Waals surface area (Å²) in [6.07, 6.45) is 0. The molecule has 2 rings (SSSR count). The Morgan fingerprint density at radius 1 is 1.06 bits per heavy atom. The number of sulfonamides is 1. The van der Waals surface area contributed by atoms with E-state index in [2.05, 4.69) is 4.72 Å². The second-order valence-corrected chi connectivity index (χ2v) is 5.37. The summed E-state index contributed by atoms with van der Waals surface area (Å²) in [5.74, 6) is -0.488. The second kappa shape index (κ2) is 4.66. The Bertz CT molecular complexity index is 654. The zero-order valence-electron chi connectivity index (χ0n) is 9.30. The number of hydrogen-bond acceptors (Lipinski definition) is 3. The molecule has 3 N–H and O–H groups in total. The van der Waals surface area contributed by atoms with E-state index in [0.29, 0.717) is 11.4 Å². The maximum Gasteiger partial charge on any atom is 0.261 e. The Balaban J connectivity index is 2.30. The van der Waals surface area contributed by atoms with Crippen LogP contribution in [0.25, 0.3) is 0 Å². The number of rotatable bonds is 3. The van der Waals surface area contributed by atoms with Gasteiger partial charge in [0, 0.05) is 5.69 Å². The van der Waals surface area contributed by atoms with Crippen LogP contribution in [0.2, 0.25) is 0 Å².